The molecule has 1 amide bonds. The summed E-state index contributed by atoms with van der Waals surface area (Å²) in [5, 5.41) is 15.4. The number of nitrogens with zero attached hydrogens (tertiary/aromatic N) is 2. The zero-order valence-corrected chi connectivity index (χ0v) is 19.6. The van der Waals surface area contributed by atoms with Gasteiger partial charge in [-0.05, 0) is 61.7 Å². The molecular weight excluding hydrogens is 554 g/mol. The van der Waals surface area contributed by atoms with E-state index in [4.69, 9.17) is 16.3 Å². The Morgan fingerprint density at radius 3 is 2.52 bits per heavy atom. The molecule has 0 saturated heterocycles. The van der Waals surface area contributed by atoms with E-state index in [0.29, 0.717) is 31.9 Å². The van der Waals surface area contributed by atoms with Crippen LogP contribution in [0.5, 0.6) is 5.75 Å². The summed E-state index contributed by atoms with van der Waals surface area (Å²) >= 11 is 13.1. The average molecular weight is 568 g/mol. The molecule has 0 bridgehead atoms. The van der Waals surface area contributed by atoms with E-state index in [1.807, 2.05) is 18.2 Å². The summed E-state index contributed by atoms with van der Waals surface area (Å²) < 4.78 is 7.23. The molecule has 3 aromatic carbocycles. The van der Waals surface area contributed by atoms with Crippen LogP contribution in [0.2, 0.25) is 5.02 Å². The third-order valence-corrected chi connectivity index (χ3v) is 5.60. The summed E-state index contributed by atoms with van der Waals surface area (Å²) in [5.74, 6) is 0.0375. The predicted octanol–water partition coefficient (Wildman–Crippen LogP) is 6.12. The molecule has 10 heteroatoms. The van der Waals surface area contributed by atoms with Gasteiger partial charge in [0.2, 0.25) is 0 Å². The topological polar surface area (TPSA) is 93.8 Å². The van der Waals surface area contributed by atoms with E-state index in [1.165, 1.54) is 30.5 Å². The fourth-order valence-corrected chi connectivity index (χ4v) is 4.19. The van der Waals surface area contributed by atoms with Gasteiger partial charge < -0.3 is 4.74 Å². The fraction of sp³-hybridized carbons (Fsp3) is 0.0476. The number of rotatable bonds is 7. The number of carbonyl (C=O) groups excluding carboxylic acids is 1. The van der Waals surface area contributed by atoms with Crippen molar-refractivity contribution < 1.29 is 14.5 Å². The fourth-order valence-electron chi connectivity index (χ4n) is 2.55. The Hall–Kier alpha value is -2.75. The average Bonchev–Trinajstić information content (AvgIpc) is 2.74. The first-order valence-electron chi connectivity index (χ1n) is 8.78. The van der Waals surface area contributed by atoms with Gasteiger partial charge in [0.25, 0.3) is 11.6 Å². The van der Waals surface area contributed by atoms with Crippen molar-refractivity contribution in [3.63, 3.8) is 0 Å². The quantitative estimate of drug-likeness (QED) is 0.212. The molecule has 7 nitrogen and oxygen atoms in total. The molecule has 158 valence electrons. The van der Waals surface area contributed by atoms with E-state index < -0.39 is 10.8 Å². The van der Waals surface area contributed by atoms with E-state index in [-0.39, 0.29) is 11.3 Å². The normalized spacial score (nSPS) is 10.8. The highest BCUT2D eigenvalue weighted by atomic mass is 79.9. The SMILES string of the molecule is O=C(N/N=C\c1cc(Br)c(OCc2ccccc2Cl)c(Br)c1)c1cccc([N+](=O)[O-])c1. The number of benzene rings is 3. The zero-order valence-electron chi connectivity index (χ0n) is 15.7. The van der Waals surface area contributed by atoms with Gasteiger partial charge in [-0.15, -0.1) is 0 Å². The second-order valence-electron chi connectivity index (χ2n) is 6.20. The highest BCUT2D eigenvalue weighted by molar-refractivity contribution is 9.11. The van der Waals surface area contributed by atoms with E-state index in [1.54, 1.807) is 18.2 Å². The lowest BCUT2D eigenvalue weighted by Gasteiger charge is -2.12. The lowest BCUT2D eigenvalue weighted by molar-refractivity contribution is -0.384. The lowest BCUT2D eigenvalue weighted by atomic mass is 10.2. The Labute approximate surface area is 199 Å². The van der Waals surface area contributed by atoms with Gasteiger partial charge in [0.1, 0.15) is 12.4 Å². The van der Waals surface area contributed by atoms with Crippen LogP contribution in [0.1, 0.15) is 21.5 Å². The first-order chi connectivity index (χ1) is 14.8. The van der Waals surface area contributed by atoms with E-state index in [0.717, 1.165) is 5.56 Å². The molecule has 0 saturated carbocycles. The third kappa shape index (κ3) is 6.13. The minimum Gasteiger partial charge on any atom is -0.486 e. The van der Waals surface area contributed by atoms with Gasteiger partial charge in [-0.1, -0.05) is 35.9 Å². The van der Waals surface area contributed by atoms with Crippen molar-refractivity contribution in [1.82, 2.24) is 5.43 Å². The van der Waals surface area contributed by atoms with Gasteiger partial charge in [-0.25, -0.2) is 5.43 Å². The van der Waals surface area contributed by atoms with Crippen LogP contribution in [-0.2, 0) is 6.61 Å². The van der Waals surface area contributed by atoms with Gasteiger partial charge in [-0.2, -0.15) is 5.10 Å². The summed E-state index contributed by atoms with van der Waals surface area (Å²) in [6.45, 7) is 0.295. The van der Waals surface area contributed by atoms with Crippen LogP contribution in [0.4, 0.5) is 5.69 Å². The van der Waals surface area contributed by atoms with Crippen molar-refractivity contribution in [3.05, 3.63) is 101 Å². The van der Waals surface area contributed by atoms with Crippen molar-refractivity contribution in [1.29, 1.82) is 0 Å². The molecule has 31 heavy (non-hydrogen) atoms. The number of hydrogen-bond donors (Lipinski definition) is 1. The molecule has 0 heterocycles. The van der Waals surface area contributed by atoms with Gasteiger partial charge in [0.15, 0.2) is 0 Å². The molecule has 0 atom stereocenters. The number of carbonyl (C=O) groups is 1. The molecule has 0 aliphatic heterocycles. The van der Waals surface area contributed by atoms with Crippen LogP contribution >= 0.6 is 43.5 Å². The maximum atomic E-state index is 12.1. The van der Waals surface area contributed by atoms with E-state index in [9.17, 15) is 14.9 Å². The van der Waals surface area contributed by atoms with Crippen LogP contribution in [0.3, 0.4) is 0 Å². The summed E-state index contributed by atoms with van der Waals surface area (Å²) in [4.78, 5) is 22.4. The van der Waals surface area contributed by atoms with Crippen molar-refractivity contribution in [3.8, 4) is 5.75 Å². The van der Waals surface area contributed by atoms with Crippen LogP contribution in [0.25, 0.3) is 0 Å². The number of amides is 1. The molecule has 0 radical (unpaired) electrons. The summed E-state index contributed by atoms with van der Waals surface area (Å²) in [7, 11) is 0. The van der Waals surface area contributed by atoms with Crippen LogP contribution in [-0.4, -0.2) is 17.0 Å². The van der Waals surface area contributed by atoms with Crippen LogP contribution in [0.15, 0.2) is 74.7 Å². The molecule has 0 aliphatic rings. The molecule has 1 N–H and O–H groups in total. The standard InChI is InChI=1S/C21H14Br2ClN3O4/c22-17-8-13(9-18(23)20(17)31-12-15-4-1-2-7-19(15)24)11-25-26-21(28)14-5-3-6-16(10-14)27(29)30/h1-11H,12H2,(H,26,28)/b25-11-. The van der Waals surface area contributed by atoms with Crippen molar-refractivity contribution >= 4 is 61.3 Å². The number of nitro benzene ring substituents is 1. The van der Waals surface area contributed by atoms with E-state index >= 15 is 0 Å². The maximum Gasteiger partial charge on any atom is 0.271 e. The number of non-ortho nitro benzene ring substituents is 1. The Bertz CT molecular complexity index is 1150. The summed E-state index contributed by atoms with van der Waals surface area (Å²) in [6, 6.07) is 16.4. The number of nitrogens with one attached hydrogen (secondary N) is 1. The van der Waals surface area contributed by atoms with Gasteiger partial charge in [0, 0.05) is 28.3 Å². The Morgan fingerprint density at radius 2 is 1.84 bits per heavy atom. The molecule has 0 fully saturated rings. The van der Waals surface area contributed by atoms with Gasteiger partial charge in [-0.3, -0.25) is 14.9 Å². The van der Waals surface area contributed by atoms with Crippen molar-refractivity contribution in [2.24, 2.45) is 5.10 Å². The van der Waals surface area contributed by atoms with Crippen LogP contribution in [0, 0.1) is 10.1 Å². The third-order valence-electron chi connectivity index (χ3n) is 4.05. The largest absolute Gasteiger partial charge is 0.486 e. The minimum atomic E-state index is -0.565. The monoisotopic (exact) mass is 565 g/mol. The first kappa shape index (κ1) is 22.9. The Morgan fingerprint density at radius 1 is 1.13 bits per heavy atom. The second kappa shape index (κ2) is 10.5. The van der Waals surface area contributed by atoms with Crippen molar-refractivity contribution in [2.75, 3.05) is 0 Å². The van der Waals surface area contributed by atoms with Gasteiger partial charge in [0.05, 0.1) is 20.1 Å². The summed E-state index contributed by atoms with van der Waals surface area (Å²) in [6.07, 6.45) is 1.45. The van der Waals surface area contributed by atoms with Crippen LogP contribution < -0.4 is 10.2 Å². The minimum absolute atomic E-state index is 0.136. The van der Waals surface area contributed by atoms with E-state index in [2.05, 4.69) is 42.4 Å². The molecule has 0 aliphatic carbocycles. The Balaban J connectivity index is 1.66. The number of hydrazone groups is 1. The van der Waals surface area contributed by atoms with Gasteiger partial charge >= 0.3 is 0 Å². The molecule has 3 rings (SSSR count). The number of nitro groups is 1. The highest BCUT2D eigenvalue weighted by Crippen LogP contribution is 2.35. The van der Waals surface area contributed by atoms with Crippen molar-refractivity contribution in [2.45, 2.75) is 6.61 Å². The molecule has 0 aromatic heterocycles. The Kier molecular flexibility index (Phi) is 7.78. The molecule has 3 aromatic rings. The zero-order chi connectivity index (χ0) is 22.4. The highest BCUT2D eigenvalue weighted by Gasteiger charge is 2.12. The molecule has 0 unspecified atom stereocenters. The number of halogens is 3. The predicted molar refractivity (Wildman–Crippen MR) is 126 cm³/mol. The molecule has 0 spiro atoms. The number of ether oxygens (including phenoxy) is 1. The summed E-state index contributed by atoms with van der Waals surface area (Å²) in [5.41, 5.74) is 3.86. The number of hydrogen-bond acceptors (Lipinski definition) is 5. The maximum absolute atomic E-state index is 12.1. The molecular formula is C21H14Br2ClN3O4. The first-order valence-corrected chi connectivity index (χ1v) is 10.7. The second-order valence-corrected chi connectivity index (χ2v) is 8.32. The smallest absolute Gasteiger partial charge is 0.271 e. The lowest BCUT2D eigenvalue weighted by Crippen LogP contribution is -2.17.